The minimum atomic E-state index is -0.248. The fraction of sp³-hybridized carbons (Fsp3) is 0.174. The van der Waals surface area contributed by atoms with Crippen LogP contribution in [0.2, 0.25) is 0 Å². The number of nitrogens with zero attached hydrogens (tertiary/aromatic N) is 1. The lowest BCUT2D eigenvalue weighted by Gasteiger charge is -2.49. The molecule has 5 heterocycles. The van der Waals surface area contributed by atoms with Crippen LogP contribution in [0.5, 0.6) is 0 Å². The molecule has 2 aliphatic heterocycles. The molecule has 0 fully saturated rings. The Morgan fingerprint density at radius 3 is 2.18 bits per heavy atom. The second-order valence-electron chi connectivity index (χ2n) is 7.54. The van der Waals surface area contributed by atoms with Crippen molar-refractivity contribution in [3.8, 4) is 0 Å². The van der Waals surface area contributed by atoms with Gasteiger partial charge >= 0.3 is 0 Å². The Balaban J connectivity index is 1.76. The number of benzene rings is 1. The molecule has 7 rings (SSSR count). The Morgan fingerprint density at radius 1 is 0.857 bits per heavy atom. The Morgan fingerprint density at radius 2 is 1.54 bits per heavy atom. The Labute approximate surface area is 179 Å². The first-order chi connectivity index (χ1) is 13.7. The lowest BCUT2D eigenvalue weighted by atomic mass is 9.54. The molecule has 0 N–H and O–H groups in total. The fourth-order valence-electron chi connectivity index (χ4n) is 5.39. The lowest BCUT2D eigenvalue weighted by molar-refractivity contribution is -0.732. The molecule has 28 heavy (non-hydrogen) atoms. The van der Waals surface area contributed by atoms with Gasteiger partial charge in [0.25, 0.3) is 0 Å². The van der Waals surface area contributed by atoms with Crippen molar-refractivity contribution in [1.29, 1.82) is 0 Å². The number of rotatable bonds is 2. The molecular weight excluding hydrogens is 482 g/mol. The first kappa shape index (κ1) is 16.8. The molecule has 4 aromatic rings. The maximum Gasteiger partial charge on any atom is 0.190 e. The molecule has 1 aromatic carbocycles. The van der Waals surface area contributed by atoms with E-state index in [0.29, 0.717) is 0 Å². The third-order valence-corrected chi connectivity index (χ3v) is 7.82. The number of furan rings is 2. The molecule has 3 aromatic heterocycles. The number of halogens is 2. The molecule has 2 bridgehead atoms. The summed E-state index contributed by atoms with van der Waals surface area (Å²) in [5, 5.41) is 0. The van der Waals surface area contributed by atoms with E-state index in [4.69, 9.17) is 8.83 Å². The largest absolute Gasteiger partial charge is 0.472 e. The van der Waals surface area contributed by atoms with Gasteiger partial charge in [-0.05, 0) is 29.8 Å². The van der Waals surface area contributed by atoms with E-state index in [2.05, 4.69) is 85.1 Å². The fourth-order valence-corrected chi connectivity index (χ4v) is 6.58. The smallest absolute Gasteiger partial charge is 0.190 e. The molecule has 0 saturated heterocycles. The summed E-state index contributed by atoms with van der Waals surface area (Å²) in [6.45, 7) is 0. The van der Waals surface area contributed by atoms with Crippen molar-refractivity contribution >= 4 is 31.9 Å². The van der Waals surface area contributed by atoms with Gasteiger partial charge in [0.15, 0.2) is 17.9 Å². The zero-order valence-corrected chi connectivity index (χ0v) is 18.0. The molecular formula is C23H16Br2NO2+. The van der Waals surface area contributed by atoms with Gasteiger partial charge in [0.2, 0.25) is 0 Å². The predicted octanol–water partition coefficient (Wildman–Crippen LogP) is 6.11. The minimum absolute atomic E-state index is 0.135. The number of hydrogen-bond acceptors (Lipinski definition) is 2. The summed E-state index contributed by atoms with van der Waals surface area (Å²) in [4.78, 5) is 0. The van der Waals surface area contributed by atoms with Gasteiger partial charge in [-0.3, -0.25) is 0 Å². The summed E-state index contributed by atoms with van der Waals surface area (Å²) < 4.78 is 15.9. The standard InChI is InChI=1S/C23H16Br2NO2/c24-16-4-5-17(25)21-20(16)19-11-23(14-6-9-27-12-14,15-7-10-28-13-15)22(21)18-3-1-2-8-26(18)19/h1-10,12-13,19,22H,11H2/q+1/t19-,22-/m1/s1. The van der Waals surface area contributed by atoms with Gasteiger partial charge in [-0.2, -0.15) is 4.57 Å². The van der Waals surface area contributed by atoms with Crippen LogP contribution in [0.15, 0.2) is 91.5 Å². The van der Waals surface area contributed by atoms with Crippen LogP contribution in [0.1, 0.15) is 46.3 Å². The van der Waals surface area contributed by atoms with Crippen LogP contribution in [0, 0.1) is 0 Å². The van der Waals surface area contributed by atoms with Gasteiger partial charge in [-0.1, -0.05) is 37.9 Å². The van der Waals surface area contributed by atoms with E-state index < -0.39 is 0 Å². The maximum absolute atomic E-state index is 5.57. The summed E-state index contributed by atoms with van der Waals surface area (Å²) in [5.74, 6) is 0.135. The molecule has 0 radical (unpaired) electrons. The Bertz CT molecular complexity index is 1150. The van der Waals surface area contributed by atoms with Crippen molar-refractivity contribution in [3.63, 3.8) is 0 Å². The van der Waals surface area contributed by atoms with Gasteiger partial charge in [0, 0.05) is 44.2 Å². The van der Waals surface area contributed by atoms with E-state index in [1.54, 1.807) is 12.5 Å². The normalized spacial score (nSPS) is 21.4. The van der Waals surface area contributed by atoms with E-state index in [1.165, 1.54) is 27.9 Å². The van der Waals surface area contributed by atoms with Crippen molar-refractivity contribution in [1.82, 2.24) is 0 Å². The number of aromatic nitrogens is 1. The van der Waals surface area contributed by atoms with Gasteiger partial charge < -0.3 is 8.83 Å². The molecule has 0 amide bonds. The first-order valence-electron chi connectivity index (χ1n) is 9.25. The average Bonchev–Trinajstić information content (AvgIpc) is 3.45. The van der Waals surface area contributed by atoms with Crippen LogP contribution >= 0.6 is 31.9 Å². The highest BCUT2D eigenvalue weighted by atomic mass is 79.9. The predicted molar refractivity (Wildman–Crippen MR) is 111 cm³/mol. The molecule has 2 atom stereocenters. The minimum Gasteiger partial charge on any atom is -0.472 e. The van der Waals surface area contributed by atoms with E-state index in [0.717, 1.165) is 15.4 Å². The highest BCUT2D eigenvalue weighted by molar-refractivity contribution is 9.11. The molecule has 0 saturated carbocycles. The van der Waals surface area contributed by atoms with Gasteiger partial charge in [0.05, 0.1) is 36.4 Å². The van der Waals surface area contributed by atoms with Gasteiger partial charge in [0.1, 0.15) is 0 Å². The number of hydrogen-bond donors (Lipinski definition) is 0. The highest BCUT2D eigenvalue weighted by Crippen LogP contribution is 2.61. The van der Waals surface area contributed by atoms with Crippen molar-refractivity contribution in [2.45, 2.75) is 23.8 Å². The van der Waals surface area contributed by atoms with Crippen molar-refractivity contribution in [2.24, 2.45) is 0 Å². The number of fused-ring (bicyclic) bond motifs is 1. The third kappa shape index (κ3) is 2.01. The van der Waals surface area contributed by atoms with Gasteiger partial charge in [-0.25, -0.2) is 0 Å². The second kappa shape index (κ2) is 5.94. The summed E-state index contributed by atoms with van der Waals surface area (Å²) in [6, 6.07) is 15.2. The van der Waals surface area contributed by atoms with Crippen LogP contribution in [-0.2, 0) is 5.41 Å². The molecule has 3 nitrogen and oxygen atoms in total. The quantitative estimate of drug-likeness (QED) is 0.313. The summed E-state index contributed by atoms with van der Waals surface area (Å²) in [6.07, 6.45) is 10.5. The van der Waals surface area contributed by atoms with Crippen LogP contribution in [0.4, 0.5) is 0 Å². The molecule has 3 aliphatic rings. The van der Waals surface area contributed by atoms with Crippen LogP contribution in [-0.4, -0.2) is 0 Å². The summed E-state index contributed by atoms with van der Waals surface area (Å²) >= 11 is 7.70. The molecule has 0 spiro atoms. The van der Waals surface area contributed by atoms with Crippen LogP contribution < -0.4 is 4.57 Å². The summed E-state index contributed by atoms with van der Waals surface area (Å²) in [7, 11) is 0. The first-order valence-corrected chi connectivity index (χ1v) is 10.8. The zero-order valence-electron chi connectivity index (χ0n) is 14.8. The summed E-state index contributed by atoms with van der Waals surface area (Å²) in [5.41, 5.74) is 6.16. The Kier molecular flexibility index (Phi) is 3.57. The zero-order chi connectivity index (χ0) is 18.9. The van der Waals surface area contributed by atoms with Crippen molar-refractivity contribution < 1.29 is 13.4 Å². The molecule has 138 valence electrons. The van der Waals surface area contributed by atoms with E-state index >= 15 is 0 Å². The van der Waals surface area contributed by atoms with Crippen molar-refractivity contribution in [3.05, 3.63) is 111 Å². The van der Waals surface area contributed by atoms with Gasteiger partial charge in [-0.15, -0.1) is 0 Å². The molecule has 1 aliphatic carbocycles. The highest BCUT2D eigenvalue weighted by Gasteiger charge is 2.61. The Hall–Kier alpha value is -2.11. The molecule has 5 heteroatoms. The second-order valence-corrected chi connectivity index (χ2v) is 9.25. The molecule has 0 unspecified atom stereocenters. The topological polar surface area (TPSA) is 30.2 Å². The number of pyridine rings is 1. The SMILES string of the molecule is Brc1ccc(Br)c2c1[C@H]1c3cccc[n+]3[C@@H]2CC1(c1ccoc1)c1ccoc1. The maximum atomic E-state index is 5.57. The van der Waals surface area contributed by atoms with E-state index in [1.807, 2.05) is 12.5 Å². The van der Waals surface area contributed by atoms with Crippen LogP contribution in [0.3, 0.4) is 0 Å². The van der Waals surface area contributed by atoms with Crippen LogP contribution in [0.25, 0.3) is 0 Å². The average molecular weight is 498 g/mol. The lowest BCUT2D eigenvalue weighted by Crippen LogP contribution is -2.60. The monoisotopic (exact) mass is 496 g/mol. The van der Waals surface area contributed by atoms with E-state index in [9.17, 15) is 0 Å². The third-order valence-electron chi connectivity index (χ3n) is 6.44. The van der Waals surface area contributed by atoms with E-state index in [-0.39, 0.29) is 17.4 Å². The van der Waals surface area contributed by atoms with Crippen molar-refractivity contribution in [2.75, 3.05) is 0 Å².